The first kappa shape index (κ1) is 10.4. The molecular weight excluding hydrogens is 188 g/mol. The van der Waals surface area contributed by atoms with E-state index in [1.54, 1.807) is 4.90 Å². The minimum Gasteiger partial charge on any atom is -0.378 e. The van der Waals surface area contributed by atoms with Gasteiger partial charge in [0.25, 0.3) is 0 Å². The molecule has 0 aliphatic carbocycles. The summed E-state index contributed by atoms with van der Waals surface area (Å²) in [5.41, 5.74) is 5.07. The van der Waals surface area contributed by atoms with E-state index in [9.17, 15) is 4.91 Å². The van der Waals surface area contributed by atoms with Crippen LogP contribution in [-0.4, -0.2) is 48.1 Å². The zero-order chi connectivity index (χ0) is 10.6. The molecule has 1 aliphatic heterocycles. The smallest absolute Gasteiger partial charge is 0.225 e. The summed E-state index contributed by atoms with van der Waals surface area (Å²) in [5.74, 6) is -0.743. The fraction of sp³-hybridized carbons (Fsp3) is 0.667. The standard InChI is InChI=1S/C6H12N6O2/c7-5(8)12(10-13)6(9)11-1-3-14-4-2-11/h9H,1-4H2,(H3,7,8). The molecule has 0 aromatic heterocycles. The first-order valence-electron chi connectivity index (χ1n) is 4.05. The summed E-state index contributed by atoms with van der Waals surface area (Å²) in [4.78, 5) is 11.9. The number of nitroso groups, excluding NO2 is 1. The molecule has 14 heavy (non-hydrogen) atoms. The van der Waals surface area contributed by atoms with Gasteiger partial charge in [-0.15, -0.1) is 9.92 Å². The van der Waals surface area contributed by atoms with Gasteiger partial charge >= 0.3 is 0 Å². The van der Waals surface area contributed by atoms with Gasteiger partial charge in [-0.25, -0.2) is 0 Å². The molecule has 0 aromatic carbocycles. The second-order valence-electron chi connectivity index (χ2n) is 2.70. The monoisotopic (exact) mass is 200 g/mol. The van der Waals surface area contributed by atoms with Gasteiger partial charge in [0, 0.05) is 13.1 Å². The highest BCUT2D eigenvalue weighted by Crippen LogP contribution is 2.01. The molecule has 0 amide bonds. The predicted octanol–water partition coefficient (Wildman–Crippen LogP) is -0.870. The van der Waals surface area contributed by atoms with Gasteiger partial charge in [-0.05, 0) is 0 Å². The van der Waals surface area contributed by atoms with Gasteiger partial charge in [0.05, 0.1) is 18.5 Å². The third-order valence-corrected chi connectivity index (χ3v) is 1.82. The molecule has 0 radical (unpaired) electrons. The van der Waals surface area contributed by atoms with Crippen molar-refractivity contribution in [3.8, 4) is 0 Å². The molecule has 0 bridgehead atoms. The van der Waals surface area contributed by atoms with Crippen LogP contribution in [0.3, 0.4) is 0 Å². The molecule has 8 heteroatoms. The third-order valence-electron chi connectivity index (χ3n) is 1.82. The van der Waals surface area contributed by atoms with Crippen molar-refractivity contribution in [1.82, 2.24) is 9.91 Å². The summed E-state index contributed by atoms with van der Waals surface area (Å²) in [6.45, 7) is 1.98. The molecule has 0 unspecified atom stereocenters. The maximum absolute atomic E-state index is 10.3. The van der Waals surface area contributed by atoms with E-state index in [0.29, 0.717) is 31.3 Å². The maximum atomic E-state index is 10.3. The Kier molecular flexibility index (Phi) is 3.35. The Bertz CT molecular complexity index is 249. The van der Waals surface area contributed by atoms with Crippen molar-refractivity contribution in [2.75, 3.05) is 26.3 Å². The number of guanidine groups is 2. The number of nitrogens with two attached hydrogens (primary N) is 1. The molecule has 0 spiro atoms. The number of rotatable bonds is 1. The van der Waals surface area contributed by atoms with Crippen LogP contribution < -0.4 is 5.73 Å². The number of morpholine rings is 1. The Morgan fingerprint density at radius 3 is 2.43 bits per heavy atom. The number of nitrogens with one attached hydrogen (secondary N) is 2. The number of ether oxygens (including phenoxy) is 1. The van der Waals surface area contributed by atoms with Crippen molar-refractivity contribution in [2.45, 2.75) is 0 Å². The topological polar surface area (TPSA) is 119 Å². The Labute approximate surface area is 80.6 Å². The van der Waals surface area contributed by atoms with E-state index in [1.807, 2.05) is 0 Å². The van der Waals surface area contributed by atoms with Gasteiger partial charge in [0.1, 0.15) is 0 Å². The average molecular weight is 200 g/mol. The van der Waals surface area contributed by atoms with Crippen molar-refractivity contribution >= 4 is 11.9 Å². The number of nitrogens with zero attached hydrogens (tertiary/aromatic N) is 3. The zero-order valence-electron chi connectivity index (χ0n) is 7.56. The highest BCUT2D eigenvalue weighted by molar-refractivity contribution is 5.94. The summed E-state index contributed by atoms with van der Waals surface area (Å²) in [6, 6.07) is 0. The Morgan fingerprint density at radius 2 is 2.00 bits per heavy atom. The maximum Gasteiger partial charge on any atom is 0.225 e. The van der Waals surface area contributed by atoms with Crippen molar-refractivity contribution in [1.29, 1.82) is 10.8 Å². The molecule has 1 aliphatic rings. The van der Waals surface area contributed by atoms with E-state index in [4.69, 9.17) is 21.3 Å². The van der Waals surface area contributed by atoms with E-state index >= 15 is 0 Å². The quantitative estimate of drug-likeness (QED) is 0.220. The number of hydrogen-bond acceptors (Lipinski definition) is 5. The van der Waals surface area contributed by atoms with Crippen LogP contribution in [0.4, 0.5) is 0 Å². The van der Waals surface area contributed by atoms with Crippen LogP contribution in [0.5, 0.6) is 0 Å². The molecule has 4 N–H and O–H groups in total. The van der Waals surface area contributed by atoms with Crippen LogP contribution in [0.2, 0.25) is 0 Å². The van der Waals surface area contributed by atoms with Gasteiger partial charge in [-0.1, -0.05) is 0 Å². The SMILES string of the molecule is N=C(N)N(N=O)C(=N)N1CCOCC1. The van der Waals surface area contributed by atoms with E-state index in [0.717, 1.165) is 0 Å². The van der Waals surface area contributed by atoms with Crippen LogP contribution in [0.15, 0.2) is 5.29 Å². The van der Waals surface area contributed by atoms with Crippen LogP contribution in [0, 0.1) is 15.7 Å². The minimum atomic E-state index is -0.559. The molecule has 0 atom stereocenters. The van der Waals surface area contributed by atoms with Crippen molar-refractivity contribution in [3.63, 3.8) is 0 Å². The number of hydrogen-bond donors (Lipinski definition) is 3. The predicted molar refractivity (Wildman–Crippen MR) is 49.7 cm³/mol. The molecule has 1 saturated heterocycles. The van der Waals surface area contributed by atoms with E-state index in [1.165, 1.54) is 0 Å². The minimum absolute atomic E-state index is 0.184. The van der Waals surface area contributed by atoms with E-state index in [2.05, 4.69) is 5.29 Å². The molecule has 1 rings (SSSR count). The van der Waals surface area contributed by atoms with Gasteiger partial charge < -0.3 is 15.4 Å². The Hall–Kier alpha value is -1.70. The largest absolute Gasteiger partial charge is 0.378 e. The lowest BCUT2D eigenvalue weighted by molar-refractivity contribution is 0.0637. The van der Waals surface area contributed by atoms with Crippen LogP contribution >= 0.6 is 0 Å². The van der Waals surface area contributed by atoms with Gasteiger partial charge in [0.15, 0.2) is 0 Å². The molecule has 0 aromatic rings. The van der Waals surface area contributed by atoms with E-state index in [-0.39, 0.29) is 5.96 Å². The first-order chi connectivity index (χ1) is 6.66. The molecule has 78 valence electrons. The summed E-state index contributed by atoms with van der Waals surface area (Å²) in [7, 11) is 0. The molecule has 1 heterocycles. The third kappa shape index (κ3) is 2.16. The van der Waals surface area contributed by atoms with Crippen LogP contribution in [-0.2, 0) is 4.74 Å². The highest BCUT2D eigenvalue weighted by Gasteiger charge is 2.21. The average Bonchev–Trinajstić information content (AvgIpc) is 2.19. The lowest BCUT2D eigenvalue weighted by atomic mass is 10.4. The summed E-state index contributed by atoms with van der Waals surface area (Å²) < 4.78 is 5.07. The van der Waals surface area contributed by atoms with Crippen molar-refractivity contribution in [3.05, 3.63) is 4.91 Å². The van der Waals surface area contributed by atoms with Gasteiger partial charge in [-0.2, -0.15) is 0 Å². The van der Waals surface area contributed by atoms with Gasteiger partial charge in [0.2, 0.25) is 11.9 Å². The fourth-order valence-corrected chi connectivity index (χ4v) is 1.11. The summed E-state index contributed by atoms with van der Waals surface area (Å²) in [5, 5.41) is 17.6. The molecular formula is C6H12N6O2. The van der Waals surface area contributed by atoms with Gasteiger partial charge in [-0.3, -0.25) is 10.8 Å². The lowest BCUT2D eigenvalue weighted by Gasteiger charge is -2.30. The molecule has 8 nitrogen and oxygen atoms in total. The summed E-state index contributed by atoms with van der Waals surface area (Å²) in [6.07, 6.45) is 0. The second-order valence-corrected chi connectivity index (χ2v) is 2.70. The van der Waals surface area contributed by atoms with Crippen molar-refractivity contribution < 1.29 is 4.74 Å². The first-order valence-corrected chi connectivity index (χ1v) is 4.05. The Morgan fingerprint density at radius 1 is 1.43 bits per heavy atom. The normalized spacial score (nSPS) is 16.1. The summed E-state index contributed by atoms with van der Waals surface area (Å²) >= 11 is 0. The van der Waals surface area contributed by atoms with E-state index < -0.39 is 5.96 Å². The molecule has 0 saturated carbocycles. The fourth-order valence-electron chi connectivity index (χ4n) is 1.11. The molecule has 1 fully saturated rings. The Balaban J connectivity index is 2.61. The van der Waals surface area contributed by atoms with Crippen LogP contribution in [0.25, 0.3) is 0 Å². The van der Waals surface area contributed by atoms with Crippen LogP contribution in [0.1, 0.15) is 0 Å². The zero-order valence-corrected chi connectivity index (χ0v) is 7.56. The second kappa shape index (κ2) is 4.51. The van der Waals surface area contributed by atoms with Crippen molar-refractivity contribution in [2.24, 2.45) is 11.0 Å². The highest BCUT2D eigenvalue weighted by atomic mass is 16.5. The lowest BCUT2D eigenvalue weighted by Crippen LogP contribution is -2.50.